The molecule has 0 bridgehead atoms. The fourth-order valence-electron chi connectivity index (χ4n) is 3.10. The summed E-state index contributed by atoms with van der Waals surface area (Å²) in [7, 11) is 2.19. The van der Waals surface area contributed by atoms with Crippen LogP contribution in [0.5, 0.6) is 0 Å². The van der Waals surface area contributed by atoms with Crippen LogP contribution in [0.2, 0.25) is 0 Å². The van der Waals surface area contributed by atoms with E-state index in [9.17, 15) is 4.79 Å². The molecular formula is C22H28AsIN3O2. The summed E-state index contributed by atoms with van der Waals surface area (Å²) < 4.78 is 7.50. The predicted octanol–water partition coefficient (Wildman–Crippen LogP) is 3.53. The Morgan fingerprint density at radius 1 is 1.14 bits per heavy atom. The first-order valence-electron chi connectivity index (χ1n) is 9.98. The van der Waals surface area contributed by atoms with Crippen molar-refractivity contribution in [2.45, 2.75) is 18.6 Å². The zero-order valence-corrected chi connectivity index (χ0v) is 21.1. The quantitative estimate of drug-likeness (QED) is 0.411. The molecule has 29 heavy (non-hydrogen) atoms. The molecule has 0 aromatic heterocycles. The number of likely N-dealkylation sites (N-methyl/N-ethyl adjacent to an activating group) is 1. The molecule has 155 valence electrons. The van der Waals surface area contributed by atoms with Crippen molar-refractivity contribution < 1.29 is 9.53 Å². The molecule has 1 amide bonds. The van der Waals surface area contributed by atoms with Crippen molar-refractivity contribution in [3.05, 3.63) is 51.6 Å². The molecule has 5 nitrogen and oxygen atoms in total. The summed E-state index contributed by atoms with van der Waals surface area (Å²) >= 11 is 2.33. The molecule has 1 N–H and O–H groups in total. The average molecular weight is 568 g/mol. The Bertz CT molecular complexity index is 808. The van der Waals surface area contributed by atoms with Crippen LogP contribution in [-0.4, -0.2) is 66.6 Å². The number of carbonyl (C=O) groups is 1. The number of hydrogen-bond acceptors (Lipinski definition) is 4. The zero-order valence-electron chi connectivity index (χ0n) is 17.0. The average Bonchev–Trinajstić information content (AvgIpc) is 2.73. The van der Waals surface area contributed by atoms with Gasteiger partial charge in [-0.3, -0.25) is 0 Å². The van der Waals surface area contributed by atoms with Gasteiger partial charge in [0, 0.05) is 0 Å². The fourth-order valence-corrected chi connectivity index (χ4v) is 6.34. The minimum absolute atomic E-state index is 0.0482. The molecule has 2 aromatic carbocycles. The second-order valence-electron chi connectivity index (χ2n) is 7.20. The van der Waals surface area contributed by atoms with Crippen molar-refractivity contribution in [3.8, 4) is 0 Å². The number of amides is 1. The van der Waals surface area contributed by atoms with E-state index in [1.165, 1.54) is 15.6 Å². The van der Waals surface area contributed by atoms with E-state index in [1.807, 2.05) is 13.0 Å². The van der Waals surface area contributed by atoms with Gasteiger partial charge >= 0.3 is 195 Å². The third-order valence-electron chi connectivity index (χ3n) is 4.88. The Morgan fingerprint density at radius 3 is 2.52 bits per heavy atom. The second-order valence-corrected chi connectivity index (χ2v) is 10.8. The van der Waals surface area contributed by atoms with Gasteiger partial charge in [0.1, 0.15) is 0 Å². The summed E-state index contributed by atoms with van der Waals surface area (Å²) in [6.07, 6.45) is 0.440. The van der Waals surface area contributed by atoms with Crippen LogP contribution in [0, 0.1) is 3.57 Å². The molecule has 1 aliphatic rings. The molecule has 1 aliphatic heterocycles. The minimum atomic E-state index is -0.383. The molecule has 3 rings (SSSR count). The van der Waals surface area contributed by atoms with E-state index in [4.69, 9.17) is 4.74 Å². The predicted molar refractivity (Wildman–Crippen MR) is 130 cm³/mol. The van der Waals surface area contributed by atoms with Crippen LogP contribution in [0.15, 0.2) is 42.5 Å². The molecule has 0 saturated carbocycles. The van der Waals surface area contributed by atoms with Gasteiger partial charge in [0.15, 0.2) is 0 Å². The van der Waals surface area contributed by atoms with Crippen LogP contribution in [0.1, 0.15) is 18.9 Å². The number of nitrogens with zero attached hydrogens (tertiary/aromatic N) is 2. The molecule has 0 aliphatic carbocycles. The Balaban J connectivity index is 1.52. The number of rotatable bonds is 7. The summed E-state index contributed by atoms with van der Waals surface area (Å²) in [6.45, 7) is 6.89. The van der Waals surface area contributed by atoms with Gasteiger partial charge in [0.25, 0.3) is 0 Å². The van der Waals surface area contributed by atoms with E-state index >= 15 is 0 Å². The first kappa shape index (κ1) is 22.4. The van der Waals surface area contributed by atoms with E-state index in [1.54, 1.807) is 0 Å². The molecule has 0 unspecified atom stereocenters. The Labute approximate surface area is 194 Å². The second kappa shape index (κ2) is 11.2. The summed E-state index contributed by atoms with van der Waals surface area (Å²) in [5.41, 5.74) is 3.54. The number of halogens is 1. The van der Waals surface area contributed by atoms with Gasteiger partial charge < -0.3 is 0 Å². The standard InChI is InChI=1S/C22H28AsIN3O2/c1-3-14-29-22(28)25-21-9-6-18(15-20(21)24)23-16-17-4-7-19(8-5-17)27-12-10-26(2)11-13-27/h4-9,15H,3,10-14,16H2,1-2H3,(H,25,28). The molecule has 0 atom stereocenters. The molecule has 7 heteroatoms. The molecule has 1 fully saturated rings. The van der Waals surface area contributed by atoms with E-state index in [0.29, 0.717) is 6.61 Å². The van der Waals surface area contributed by atoms with Crippen LogP contribution in [-0.2, 0) is 9.95 Å². The Kier molecular flexibility index (Phi) is 8.69. The molecule has 0 spiro atoms. The molecule has 2 aromatic rings. The van der Waals surface area contributed by atoms with Crippen molar-refractivity contribution >= 4 is 60.2 Å². The maximum atomic E-state index is 11.7. The number of benzene rings is 2. The van der Waals surface area contributed by atoms with Gasteiger partial charge in [-0.1, -0.05) is 0 Å². The third kappa shape index (κ3) is 6.90. The van der Waals surface area contributed by atoms with Crippen LogP contribution >= 0.6 is 22.6 Å². The monoisotopic (exact) mass is 568 g/mol. The van der Waals surface area contributed by atoms with Gasteiger partial charge in [0.2, 0.25) is 0 Å². The Hall–Kier alpha value is -1.24. The number of carbonyl (C=O) groups excluding carboxylic acids is 1. The van der Waals surface area contributed by atoms with Crippen LogP contribution in [0.25, 0.3) is 0 Å². The number of piperazine rings is 1. The van der Waals surface area contributed by atoms with Gasteiger partial charge in [-0.15, -0.1) is 0 Å². The number of anilines is 2. The van der Waals surface area contributed by atoms with E-state index < -0.39 is 0 Å². The first-order valence-corrected chi connectivity index (χ1v) is 13.3. The van der Waals surface area contributed by atoms with Crippen molar-refractivity contribution in [1.82, 2.24) is 4.90 Å². The van der Waals surface area contributed by atoms with Crippen LogP contribution < -0.4 is 14.6 Å². The number of nitrogens with one attached hydrogen (secondary N) is 1. The van der Waals surface area contributed by atoms with E-state index in [2.05, 4.69) is 81.2 Å². The van der Waals surface area contributed by atoms with Crippen LogP contribution in [0.4, 0.5) is 16.2 Å². The third-order valence-corrected chi connectivity index (χ3v) is 8.22. The van der Waals surface area contributed by atoms with Gasteiger partial charge in [0.05, 0.1) is 0 Å². The number of ether oxygens (including phenoxy) is 1. The summed E-state index contributed by atoms with van der Waals surface area (Å²) in [4.78, 5) is 16.6. The van der Waals surface area contributed by atoms with Crippen molar-refractivity contribution in [2.75, 3.05) is 50.1 Å². The van der Waals surface area contributed by atoms with Gasteiger partial charge in [-0.25, -0.2) is 0 Å². The first-order chi connectivity index (χ1) is 14.0. The molecular weight excluding hydrogens is 540 g/mol. The number of hydrogen-bond donors (Lipinski definition) is 1. The summed E-state index contributed by atoms with van der Waals surface area (Å²) in [5, 5.41) is 3.92. The fraction of sp³-hybridized carbons (Fsp3) is 0.409. The van der Waals surface area contributed by atoms with Crippen molar-refractivity contribution in [3.63, 3.8) is 0 Å². The topological polar surface area (TPSA) is 44.8 Å². The molecule has 1 saturated heterocycles. The molecule has 1 radical (unpaired) electrons. The molecule has 1 heterocycles. The SMILES string of the molecule is CCCOC(=O)Nc1ccc([As]Cc2ccc(N3CCN(C)CC3)cc2)cc1I. The van der Waals surface area contributed by atoms with E-state index in [-0.39, 0.29) is 21.8 Å². The van der Waals surface area contributed by atoms with Crippen molar-refractivity contribution in [1.29, 1.82) is 0 Å². The zero-order chi connectivity index (χ0) is 20.6. The normalized spacial score (nSPS) is 15.1. The van der Waals surface area contributed by atoms with Crippen LogP contribution in [0.3, 0.4) is 0 Å². The van der Waals surface area contributed by atoms with Crippen molar-refractivity contribution in [2.24, 2.45) is 0 Å². The Morgan fingerprint density at radius 2 is 1.86 bits per heavy atom. The summed E-state index contributed by atoms with van der Waals surface area (Å²) in [6, 6.07) is 15.4. The maximum absolute atomic E-state index is 11.7. The van der Waals surface area contributed by atoms with Gasteiger partial charge in [-0.05, 0) is 0 Å². The van der Waals surface area contributed by atoms with Gasteiger partial charge in [-0.2, -0.15) is 0 Å². The summed E-state index contributed by atoms with van der Waals surface area (Å²) in [5.74, 6) is 0. The van der Waals surface area contributed by atoms with E-state index in [0.717, 1.165) is 47.1 Å².